The van der Waals surface area contributed by atoms with E-state index in [1.165, 1.54) is 5.51 Å². The van der Waals surface area contributed by atoms with Crippen molar-refractivity contribution in [2.24, 2.45) is 0 Å². The van der Waals surface area contributed by atoms with E-state index in [0.29, 0.717) is 0 Å². The van der Waals surface area contributed by atoms with Gasteiger partial charge in [-0.1, -0.05) is 22.9 Å². The molecule has 1 aromatic heterocycles. The van der Waals surface area contributed by atoms with Crippen LogP contribution < -0.4 is 4.72 Å². The molecule has 0 unspecified atom stereocenters. The quantitative estimate of drug-likeness (QED) is 0.892. The molecule has 0 atom stereocenters. The fourth-order valence-electron chi connectivity index (χ4n) is 1.28. The van der Waals surface area contributed by atoms with Gasteiger partial charge in [0.15, 0.2) is 0 Å². The normalized spacial score (nSPS) is 11.5. The number of benzene rings is 1. The Morgan fingerprint density at radius 2 is 2.21 bits per heavy atom. The largest absolute Gasteiger partial charge is 0.392 e. The minimum atomic E-state index is -4.01. The molecule has 0 amide bonds. The summed E-state index contributed by atoms with van der Waals surface area (Å²) in [5, 5.41) is 15.7. The van der Waals surface area contributed by atoms with Crippen LogP contribution in [-0.4, -0.2) is 23.7 Å². The smallest absolute Gasteiger partial charge is 0.263 e. The Kier molecular flexibility index (Phi) is 3.99. The van der Waals surface area contributed by atoms with Gasteiger partial charge in [0, 0.05) is 5.56 Å². The molecule has 102 valence electrons. The molecule has 6 nitrogen and oxygen atoms in total. The minimum Gasteiger partial charge on any atom is -0.392 e. The number of aromatic nitrogens is 2. The zero-order valence-electron chi connectivity index (χ0n) is 9.17. The molecule has 0 bridgehead atoms. The Hall–Kier alpha value is -1.29. The standard InChI is InChI=1S/C9H7ClFN3O3S2/c10-8-5(3-15)1-6(2-7(8)11)19(16,17)14-9-13-12-4-18-9/h1-2,4,15H,3H2,(H,13,14). The summed E-state index contributed by atoms with van der Waals surface area (Å²) in [6.45, 7) is -0.572. The molecular formula is C9H7ClFN3O3S2. The first-order chi connectivity index (χ1) is 8.94. The lowest BCUT2D eigenvalue weighted by molar-refractivity contribution is 0.281. The van der Waals surface area contributed by atoms with Crippen LogP contribution in [0.25, 0.3) is 0 Å². The zero-order chi connectivity index (χ0) is 14.0. The van der Waals surface area contributed by atoms with Crippen molar-refractivity contribution < 1.29 is 17.9 Å². The van der Waals surface area contributed by atoms with E-state index in [2.05, 4.69) is 14.9 Å². The van der Waals surface area contributed by atoms with Crippen molar-refractivity contribution in [3.05, 3.63) is 34.0 Å². The lowest BCUT2D eigenvalue weighted by Crippen LogP contribution is -2.13. The molecule has 1 aromatic carbocycles. The van der Waals surface area contributed by atoms with Gasteiger partial charge in [0.05, 0.1) is 16.5 Å². The van der Waals surface area contributed by atoms with Crippen LogP contribution in [0.4, 0.5) is 9.52 Å². The third-order valence-electron chi connectivity index (χ3n) is 2.14. The topological polar surface area (TPSA) is 92.2 Å². The van der Waals surface area contributed by atoms with E-state index in [9.17, 15) is 12.8 Å². The first kappa shape index (κ1) is 14.1. The molecule has 0 aliphatic carbocycles. The summed E-state index contributed by atoms with van der Waals surface area (Å²) >= 11 is 6.57. The summed E-state index contributed by atoms with van der Waals surface area (Å²) in [4.78, 5) is -0.353. The summed E-state index contributed by atoms with van der Waals surface area (Å²) in [6, 6.07) is 1.86. The maximum atomic E-state index is 13.5. The SMILES string of the molecule is O=S(=O)(Nc1nncs1)c1cc(F)c(Cl)c(CO)c1. The van der Waals surface area contributed by atoms with Crippen LogP contribution >= 0.6 is 22.9 Å². The molecule has 0 saturated carbocycles. The lowest BCUT2D eigenvalue weighted by atomic mass is 10.2. The molecular weight excluding hydrogens is 317 g/mol. The first-order valence-corrected chi connectivity index (χ1v) is 7.56. The van der Waals surface area contributed by atoms with Gasteiger partial charge in [0.1, 0.15) is 11.3 Å². The van der Waals surface area contributed by atoms with Crippen LogP contribution in [0.15, 0.2) is 22.5 Å². The summed E-state index contributed by atoms with van der Waals surface area (Å²) in [7, 11) is -4.01. The van der Waals surface area contributed by atoms with Gasteiger partial charge in [0.25, 0.3) is 10.0 Å². The fourth-order valence-corrected chi connectivity index (χ4v) is 3.20. The van der Waals surface area contributed by atoms with E-state index < -0.39 is 22.4 Å². The Bertz CT molecular complexity index is 691. The third-order valence-corrected chi connectivity index (χ3v) is 4.62. The number of aliphatic hydroxyl groups is 1. The monoisotopic (exact) mass is 323 g/mol. The average molecular weight is 324 g/mol. The highest BCUT2D eigenvalue weighted by Crippen LogP contribution is 2.25. The Morgan fingerprint density at radius 3 is 2.79 bits per heavy atom. The molecule has 2 N–H and O–H groups in total. The van der Waals surface area contributed by atoms with Crippen molar-refractivity contribution in [2.75, 3.05) is 4.72 Å². The van der Waals surface area contributed by atoms with Gasteiger partial charge in [0.2, 0.25) is 5.13 Å². The third kappa shape index (κ3) is 3.00. The van der Waals surface area contributed by atoms with E-state index in [0.717, 1.165) is 23.5 Å². The van der Waals surface area contributed by atoms with Crippen molar-refractivity contribution in [1.82, 2.24) is 10.2 Å². The Balaban J connectivity index is 2.43. The molecule has 0 saturated heterocycles. The van der Waals surface area contributed by atoms with Gasteiger partial charge < -0.3 is 5.11 Å². The molecule has 10 heteroatoms. The van der Waals surface area contributed by atoms with Crippen molar-refractivity contribution in [3.8, 4) is 0 Å². The van der Waals surface area contributed by atoms with Crippen molar-refractivity contribution in [1.29, 1.82) is 0 Å². The first-order valence-electron chi connectivity index (χ1n) is 4.82. The molecule has 2 aromatic rings. The van der Waals surface area contributed by atoms with Gasteiger partial charge in [-0.25, -0.2) is 12.8 Å². The maximum Gasteiger partial charge on any atom is 0.263 e. The van der Waals surface area contributed by atoms with Crippen LogP contribution in [0.2, 0.25) is 5.02 Å². The van der Waals surface area contributed by atoms with Gasteiger partial charge in [-0.15, -0.1) is 10.2 Å². The van der Waals surface area contributed by atoms with Crippen LogP contribution in [-0.2, 0) is 16.6 Å². The molecule has 19 heavy (non-hydrogen) atoms. The van der Waals surface area contributed by atoms with Crippen molar-refractivity contribution >= 4 is 38.1 Å². The number of nitrogens with zero attached hydrogens (tertiary/aromatic N) is 2. The van der Waals surface area contributed by atoms with E-state index in [1.807, 2.05) is 0 Å². The van der Waals surface area contributed by atoms with E-state index in [4.69, 9.17) is 16.7 Å². The van der Waals surface area contributed by atoms with Crippen LogP contribution in [0.3, 0.4) is 0 Å². The van der Waals surface area contributed by atoms with E-state index in [1.54, 1.807) is 0 Å². The highest BCUT2D eigenvalue weighted by Gasteiger charge is 2.20. The molecule has 0 fully saturated rings. The number of halogens is 2. The summed E-state index contributed by atoms with van der Waals surface area (Å²) in [5.74, 6) is -0.925. The molecule has 0 radical (unpaired) electrons. The number of sulfonamides is 1. The zero-order valence-corrected chi connectivity index (χ0v) is 11.6. The molecule has 0 aliphatic heterocycles. The van der Waals surface area contributed by atoms with Crippen molar-refractivity contribution in [3.63, 3.8) is 0 Å². The number of aliphatic hydroxyl groups excluding tert-OH is 1. The number of nitrogens with one attached hydrogen (secondary N) is 1. The van der Waals surface area contributed by atoms with Gasteiger partial charge >= 0.3 is 0 Å². The molecule has 0 spiro atoms. The highest BCUT2D eigenvalue weighted by molar-refractivity contribution is 7.93. The highest BCUT2D eigenvalue weighted by atomic mass is 35.5. The number of anilines is 1. The van der Waals surface area contributed by atoms with Gasteiger partial charge in [-0.3, -0.25) is 4.72 Å². The Morgan fingerprint density at radius 1 is 1.47 bits per heavy atom. The van der Waals surface area contributed by atoms with Crippen molar-refractivity contribution in [2.45, 2.75) is 11.5 Å². The summed E-state index contributed by atoms with van der Waals surface area (Å²) in [5.41, 5.74) is 1.33. The van der Waals surface area contributed by atoms with Crippen LogP contribution in [0, 0.1) is 5.82 Å². The van der Waals surface area contributed by atoms with Crippen LogP contribution in [0.1, 0.15) is 5.56 Å². The fraction of sp³-hybridized carbons (Fsp3) is 0.111. The van der Waals surface area contributed by atoms with E-state index >= 15 is 0 Å². The second-order valence-electron chi connectivity index (χ2n) is 3.39. The Labute approximate surface area is 116 Å². The number of rotatable bonds is 4. The number of hydrogen-bond donors (Lipinski definition) is 2. The van der Waals surface area contributed by atoms with Gasteiger partial charge in [-0.05, 0) is 12.1 Å². The lowest BCUT2D eigenvalue weighted by Gasteiger charge is -2.08. The predicted octanol–water partition coefficient (Wildman–Crippen LogP) is 1.62. The maximum absolute atomic E-state index is 13.5. The average Bonchev–Trinajstić information content (AvgIpc) is 2.84. The minimum absolute atomic E-state index is 0.0145. The summed E-state index contributed by atoms with van der Waals surface area (Å²) in [6.07, 6.45) is 0. The number of hydrogen-bond acceptors (Lipinski definition) is 6. The van der Waals surface area contributed by atoms with E-state index in [-0.39, 0.29) is 20.6 Å². The van der Waals surface area contributed by atoms with Gasteiger partial charge in [-0.2, -0.15) is 0 Å². The van der Waals surface area contributed by atoms with Crippen LogP contribution in [0.5, 0.6) is 0 Å². The predicted molar refractivity (Wildman–Crippen MR) is 68.1 cm³/mol. The molecule has 0 aliphatic rings. The molecule has 1 heterocycles. The second kappa shape index (κ2) is 5.37. The molecule has 2 rings (SSSR count). The second-order valence-corrected chi connectivity index (χ2v) is 6.28. The summed E-state index contributed by atoms with van der Waals surface area (Å²) < 4.78 is 39.5.